The van der Waals surface area contributed by atoms with Crippen molar-refractivity contribution in [3.63, 3.8) is 0 Å². The minimum Gasteiger partial charge on any atom is -0.477 e. The van der Waals surface area contributed by atoms with Crippen molar-refractivity contribution >= 4 is 11.7 Å². The van der Waals surface area contributed by atoms with E-state index >= 15 is 0 Å². The summed E-state index contributed by atoms with van der Waals surface area (Å²) < 4.78 is 44.4. The van der Waals surface area contributed by atoms with E-state index in [0.29, 0.717) is 6.07 Å². The van der Waals surface area contributed by atoms with Crippen LogP contribution in [0.4, 0.5) is 18.9 Å². The van der Waals surface area contributed by atoms with E-state index < -0.39 is 40.4 Å². The van der Waals surface area contributed by atoms with E-state index in [1.165, 1.54) is 0 Å². The van der Waals surface area contributed by atoms with Crippen molar-refractivity contribution in [3.05, 3.63) is 53.3 Å². The highest BCUT2D eigenvalue weighted by molar-refractivity contribution is 5.97. The summed E-state index contributed by atoms with van der Waals surface area (Å²) in [6.45, 7) is 0. The van der Waals surface area contributed by atoms with Crippen molar-refractivity contribution < 1.29 is 27.8 Å². The number of nitrogens with two attached hydrogens (primary N) is 1. The number of hydrogen-bond donors (Lipinski definition) is 2. The number of hydrogen-bond acceptors (Lipinski definition) is 3. The first-order valence-electron chi connectivity index (χ1n) is 5.34. The van der Waals surface area contributed by atoms with Crippen LogP contribution < -0.4 is 10.5 Å². The molecule has 0 unspecified atom stereocenters. The molecule has 0 aliphatic carbocycles. The molecule has 2 aromatic rings. The first-order valence-corrected chi connectivity index (χ1v) is 5.34. The van der Waals surface area contributed by atoms with Crippen LogP contribution in [0.5, 0.6) is 11.5 Å². The lowest BCUT2D eigenvalue weighted by Gasteiger charge is -2.11. The van der Waals surface area contributed by atoms with E-state index in [1.807, 2.05) is 0 Å². The standard InChI is InChI=1S/C13H8F3NO3/c14-6-1-3-9(8(16)5-6)20-10-4-2-7(15)12(17)11(10)13(18)19/h1-5H,17H2,(H,18,19). The third kappa shape index (κ3) is 2.51. The molecule has 0 amide bonds. The number of benzene rings is 2. The van der Waals surface area contributed by atoms with Gasteiger partial charge in [0.05, 0.1) is 5.69 Å². The zero-order chi connectivity index (χ0) is 14.9. The lowest BCUT2D eigenvalue weighted by Crippen LogP contribution is -2.07. The Morgan fingerprint density at radius 3 is 2.30 bits per heavy atom. The summed E-state index contributed by atoms with van der Waals surface area (Å²) in [5.74, 6) is -5.05. The first-order chi connectivity index (χ1) is 9.40. The average molecular weight is 283 g/mol. The number of rotatable bonds is 3. The minimum absolute atomic E-state index is 0.345. The molecule has 0 fully saturated rings. The van der Waals surface area contributed by atoms with Gasteiger partial charge in [-0.1, -0.05) is 0 Å². The van der Waals surface area contributed by atoms with E-state index in [9.17, 15) is 18.0 Å². The fraction of sp³-hybridized carbons (Fsp3) is 0. The SMILES string of the molecule is Nc1c(F)ccc(Oc2ccc(F)cc2F)c1C(=O)O. The fourth-order valence-corrected chi connectivity index (χ4v) is 1.56. The summed E-state index contributed by atoms with van der Waals surface area (Å²) in [5.41, 5.74) is 4.05. The summed E-state index contributed by atoms with van der Waals surface area (Å²) in [6, 6.07) is 4.38. The molecule has 0 spiro atoms. The van der Waals surface area contributed by atoms with Crippen LogP contribution in [-0.2, 0) is 0 Å². The van der Waals surface area contributed by atoms with Crippen molar-refractivity contribution in [3.8, 4) is 11.5 Å². The molecule has 0 atom stereocenters. The predicted octanol–water partition coefficient (Wildman–Crippen LogP) is 3.18. The lowest BCUT2D eigenvalue weighted by molar-refractivity contribution is 0.0694. The van der Waals surface area contributed by atoms with E-state index in [1.54, 1.807) is 0 Å². The minimum atomic E-state index is -1.53. The Morgan fingerprint density at radius 2 is 1.70 bits per heavy atom. The molecule has 0 heterocycles. The van der Waals surface area contributed by atoms with Gasteiger partial charge in [0.1, 0.15) is 22.9 Å². The highest BCUT2D eigenvalue weighted by Gasteiger charge is 2.20. The molecule has 104 valence electrons. The molecule has 2 rings (SSSR count). The molecule has 0 aromatic heterocycles. The second-order valence-corrected chi connectivity index (χ2v) is 3.82. The number of anilines is 1. The second-order valence-electron chi connectivity index (χ2n) is 3.82. The Balaban J connectivity index is 2.48. The zero-order valence-corrected chi connectivity index (χ0v) is 9.86. The lowest BCUT2D eigenvalue weighted by atomic mass is 10.1. The Hall–Kier alpha value is -2.70. The number of carboxylic acid groups (broad SMARTS) is 1. The number of carbonyl (C=O) groups is 1. The van der Waals surface area contributed by atoms with Gasteiger partial charge in [-0.05, 0) is 24.3 Å². The number of halogens is 3. The van der Waals surface area contributed by atoms with Crippen molar-refractivity contribution in [1.82, 2.24) is 0 Å². The molecule has 0 saturated carbocycles. The molecular weight excluding hydrogens is 275 g/mol. The summed E-state index contributed by atoms with van der Waals surface area (Å²) in [7, 11) is 0. The van der Waals surface area contributed by atoms with Gasteiger partial charge in [-0.15, -0.1) is 0 Å². The quantitative estimate of drug-likeness (QED) is 0.848. The summed E-state index contributed by atoms with van der Waals surface area (Å²) in [6.07, 6.45) is 0. The Labute approximate surface area is 111 Å². The molecule has 7 heteroatoms. The van der Waals surface area contributed by atoms with Crippen LogP contribution in [0.15, 0.2) is 30.3 Å². The molecule has 0 bridgehead atoms. The van der Waals surface area contributed by atoms with Crippen LogP contribution >= 0.6 is 0 Å². The Kier molecular flexibility index (Phi) is 3.51. The highest BCUT2D eigenvalue weighted by atomic mass is 19.1. The van der Waals surface area contributed by atoms with Gasteiger partial charge >= 0.3 is 5.97 Å². The molecule has 20 heavy (non-hydrogen) atoms. The largest absolute Gasteiger partial charge is 0.477 e. The molecule has 0 aliphatic rings. The topological polar surface area (TPSA) is 72.5 Å². The van der Waals surface area contributed by atoms with Gasteiger partial charge in [0.2, 0.25) is 0 Å². The van der Waals surface area contributed by atoms with E-state index in [4.69, 9.17) is 15.6 Å². The van der Waals surface area contributed by atoms with Crippen molar-refractivity contribution in [1.29, 1.82) is 0 Å². The molecule has 3 N–H and O–H groups in total. The maximum absolute atomic E-state index is 13.4. The average Bonchev–Trinajstić information content (AvgIpc) is 2.36. The molecule has 0 radical (unpaired) electrons. The van der Waals surface area contributed by atoms with E-state index in [-0.39, 0.29) is 5.75 Å². The summed E-state index contributed by atoms with van der Waals surface area (Å²) in [4.78, 5) is 11.0. The number of ether oxygens (including phenoxy) is 1. The highest BCUT2D eigenvalue weighted by Crippen LogP contribution is 2.32. The van der Waals surface area contributed by atoms with Crippen LogP contribution in [0.1, 0.15) is 10.4 Å². The summed E-state index contributed by atoms with van der Waals surface area (Å²) >= 11 is 0. The third-order valence-corrected chi connectivity index (χ3v) is 2.48. The van der Waals surface area contributed by atoms with Crippen molar-refractivity contribution in [2.24, 2.45) is 0 Å². The molecule has 0 aliphatic heterocycles. The number of nitrogen functional groups attached to an aromatic ring is 1. The van der Waals surface area contributed by atoms with Crippen LogP contribution in [0, 0.1) is 17.5 Å². The first kappa shape index (κ1) is 13.7. The van der Waals surface area contributed by atoms with Crippen LogP contribution in [-0.4, -0.2) is 11.1 Å². The smallest absolute Gasteiger partial charge is 0.341 e. The normalized spacial score (nSPS) is 10.3. The van der Waals surface area contributed by atoms with Gasteiger partial charge in [0, 0.05) is 6.07 Å². The van der Waals surface area contributed by atoms with Crippen molar-refractivity contribution in [2.75, 3.05) is 5.73 Å². The Morgan fingerprint density at radius 1 is 1.05 bits per heavy atom. The number of carboxylic acids is 1. The van der Waals surface area contributed by atoms with Gasteiger partial charge in [-0.2, -0.15) is 0 Å². The zero-order valence-electron chi connectivity index (χ0n) is 9.86. The van der Waals surface area contributed by atoms with E-state index in [2.05, 4.69) is 0 Å². The van der Waals surface area contributed by atoms with Gasteiger partial charge in [0.25, 0.3) is 0 Å². The van der Waals surface area contributed by atoms with Gasteiger partial charge in [0.15, 0.2) is 11.6 Å². The molecular formula is C13H8F3NO3. The van der Waals surface area contributed by atoms with Gasteiger partial charge in [-0.25, -0.2) is 18.0 Å². The number of aromatic carboxylic acids is 1. The third-order valence-electron chi connectivity index (χ3n) is 2.48. The maximum atomic E-state index is 13.4. The monoisotopic (exact) mass is 283 g/mol. The van der Waals surface area contributed by atoms with Crippen LogP contribution in [0.3, 0.4) is 0 Å². The molecule has 2 aromatic carbocycles. The van der Waals surface area contributed by atoms with Crippen LogP contribution in [0.2, 0.25) is 0 Å². The fourth-order valence-electron chi connectivity index (χ4n) is 1.56. The maximum Gasteiger partial charge on any atom is 0.341 e. The molecule has 0 saturated heterocycles. The Bertz CT molecular complexity index is 689. The summed E-state index contributed by atoms with van der Waals surface area (Å²) in [5, 5.41) is 8.98. The van der Waals surface area contributed by atoms with Gasteiger partial charge < -0.3 is 15.6 Å². The molecule has 4 nitrogen and oxygen atoms in total. The van der Waals surface area contributed by atoms with Crippen LogP contribution in [0.25, 0.3) is 0 Å². The van der Waals surface area contributed by atoms with Gasteiger partial charge in [-0.3, -0.25) is 0 Å². The predicted molar refractivity (Wildman–Crippen MR) is 64.2 cm³/mol. The van der Waals surface area contributed by atoms with Crippen molar-refractivity contribution in [2.45, 2.75) is 0 Å². The second kappa shape index (κ2) is 5.12. The van der Waals surface area contributed by atoms with E-state index in [0.717, 1.165) is 24.3 Å².